The molecule has 0 saturated heterocycles. The Morgan fingerprint density at radius 1 is 1.56 bits per heavy atom. The van der Waals surface area contributed by atoms with Crippen LogP contribution in [0.2, 0.25) is 0 Å². The summed E-state index contributed by atoms with van der Waals surface area (Å²) in [5.41, 5.74) is 5.42. The van der Waals surface area contributed by atoms with Crippen molar-refractivity contribution < 1.29 is 0 Å². The molecule has 0 atom stereocenters. The van der Waals surface area contributed by atoms with Gasteiger partial charge in [0.2, 0.25) is 0 Å². The van der Waals surface area contributed by atoms with E-state index >= 15 is 0 Å². The number of aromatic nitrogens is 2. The van der Waals surface area contributed by atoms with E-state index in [0.717, 1.165) is 12.8 Å². The monoisotopic (exact) mass is 191 g/mol. The van der Waals surface area contributed by atoms with Crippen LogP contribution in [-0.2, 0) is 6.42 Å². The van der Waals surface area contributed by atoms with Crippen molar-refractivity contribution in [3.63, 3.8) is 0 Å². The molecule has 4 heteroatoms. The summed E-state index contributed by atoms with van der Waals surface area (Å²) >= 11 is 0.274. The van der Waals surface area contributed by atoms with E-state index in [1.807, 2.05) is 0 Å². The summed E-state index contributed by atoms with van der Waals surface area (Å²) in [5, 5.41) is 7.66. The van der Waals surface area contributed by atoms with Gasteiger partial charge in [-0.25, -0.2) is 0 Å². The number of aryl methyl sites for hydroxylation is 1. The Bertz CT molecular complexity index is 184. The minimum atomic E-state index is 0.274. The second kappa shape index (κ2) is 2.99. The van der Waals surface area contributed by atoms with Crippen LogP contribution in [0.5, 0.6) is 0 Å². The number of anilines is 1. The van der Waals surface area contributed by atoms with Crippen LogP contribution in [0.3, 0.4) is 0 Å². The molecule has 1 aromatic rings. The Morgan fingerprint density at radius 2 is 2.33 bits per heavy atom. The summed E-state index contributed by atoms with van der Waals surface area (Å²) in [6, 6.07) is 0. The van der Waals surface area contributed by atoms with E-state index in [0.29, 0.717) is 4.69 Å². The molecule has 0 aliphatic rings. The first-order valence-corrected chi connectivity index (χ1v) is 4.62. The molecule has 1 heterocycles. The van der Waals surface area contributed by atoms with Crippen molar-refractivity contribution in [3.8, 4) is 0 Å². The molecule has 0 aromatic carbocycles. The molecule has 50 valence electrons. The normalized spacial score (nSPS) is 9.89. The number of hydrogen-bond acceptors (Lipinski definition) is 3. The van der Waals surface area contributed by atoms with Gasteiger partial charge in [-0.3, -0.25) is 0 Å². The van der Waals surface area contributed by atoms with Gasteiger partial charge in [0.25, 0.3) is 0 Å². The van der Waals surface area contributed by atoms with Crippen LogP contribution >= 0.6 is 0 Å². The molecule has 0 bridgehead atoms. The van der Waals surface area contributed by atoms with Crippen molar-refractivity contribution in [1.82, 2.24) is 10.2 Å². The molecule has 0 amide bonds. The summed E-state index contributed by atoms with van der Waals surface area (Å²) < 4.78 is 1.90. The van der Waals surface area contributed by atoms with E-state index < -0.39 is 0 Å². The maximum atomic E-state index is 5.42. The molecule has 0 fully saturated rings. The molecular weight excluding hydrogens is 181 g/mol. The van der Waals surface area contributed by atoms with Crippen LogP contribution in [0.15, 0.2) is 0 Å². The van der Waals surface area contributed by atoms with Crippen LogP contribution in [0.1, 0.15) is 17.9 Å². The Labute approximate surface area is 60.0 Å². The fourth-order valence-corrected chi connectivity index (χ4v) is 2.07. The van der Waals surface area contributed by atoms with Gasteiger partial charge >= 0.3 is 59.5 Å². The second-order valence-electron chi connectivity index (χ2n) is 1.78. The van der Waals surface area contributed by atoms with Gasteiger partial charge in [-0.2, -0.15) is 0 Å². The van der Waals surface area contributed by atoms with Crippen molar-refractivity contribution in [2.24, 2.45) is 0 Å². The second-order valence-corrected chi connectivity index (χ2v) is 4.08. The Balaban J connectivity index is 2.61. The minimum absolute atomic E-state index is 0.274. The fourth-order valence-electron chi connectivity index (χ4n) is 0.581. The van der Waals surface area contributed by atoms with Crippen LogP contribution in [0.4, 0.5) is 4.69 Å². The van der Waals surface area contributed by atoms with Gasteiger partial charge in [-0.1, -0.05) is 0 Å². The molecule has 1 aromatic heterocycles. The van der Waals surface area contributed by atoms with Crippen molar-refractivity contribution in [2.75, 3.05) is 5.73 Å². The average molecular weight is 190 g/mol. The molecule has 2 N–H and O–H groups in total. The third-order valence-electron chi connectivity index (χ3n) is 0.946. The average Bonchev–Trinajstić information content (AvgIpc) is 2.17. The van der Waals surface area contributed by atoms with E-state index in [-0.39, 0.29) is 14.5 Å². The first-order chi connectivity index (χ1) is 4.33. The summed E-state index contributed by atoms with van der Waals surface area (Å²) in [4.78, 5) is 0. The van der Waals surface area contributed by atoms with Crippen molar-refractivity contribution in [3.05, 3.63) is 4.57 Å². The summed E-state index contributed by atoms with van der Waals surface area (Å²) in [7, 11) is 0. The van der Waals surface area contributed by atoms with E-state index in [1.165, 1.54) is 4.57 Å². The van der Waals surface area contributed by atoms with Gasteiger partial charge in [0.1, 0.15) is 0 Å². The van der Waals surface area contributed by atoms with Crippen molar-refractivity contribution in [1.29, 1.82) is 0 Å². The molecule has 3 nitrogen and oxygen atoms in total. The first-order valence-electron chi connectivity index (χ1n) is 2.90. The van der Waals surface area contributed by atoms with E-state index in [9.17, 15) is 0 Å². The van der Waals surface area contributed by atoms with E-state index in [4.69, 9.17) is 5.73 Å². The number of nitrogens with zero attached hydrogens (tertiary/aromatic N) is 2. The molecule has 1 rings (SSSR count). The van der Waals surface area contributed by atoms with E-state index in [1.54, 1.807) is 0 Å². The van der Waals surface area contributed by atoms with E-state index in [2.05, 4.69) is 17.1 Å². The topological polar surface area (TPSA) is 51.8 Å². The third-order valence-corrected chi connectivity index (χ3v) is 2.65. The zero-order valence-electron chi connectivity index (χ0n) is 5.29. The number of nitrogen functional groups attached to an aromatic ring is 1. The van der Waals surface area contributed by atoms with Crippen LogP contribution < -0.4 is 5.73 Å². The summed E-state index contributed by atoms with van der Waals surface area (Å²) in [6.45, 7) is 2.13. The van der Waals surface area contributed by atoms with Crippen molar-refractivity contribution in [2.45, 2.75) is 19.8 Å². The molecular formula is C5H9N3Se. The van der Waals surface area contributed by atoms with Gasteiger partial charge in [0, 0.05) is 0 Å². The number of hydrogen-bond donors (Lipinski definition) is 1. The molecule has 0 spiro atoms. The van der Waals surface area contributed by atoms with Crippen molar-refractivity contribution >= 4 is 19.2 Å². The first kappa shape index (κ1) is 6.77. The zero-order chi connectivity index (χ0) is 6.69. The quantitative estimate of drug-likeness (QED) is 0.671. The van der Waals surface area contributed by atoms with Crippen LogP contribution in [0.25, 0.3) is 0 Å². The van der Waals surface area contributed by atoms with Crippen LogP contribution in [-0.4, -0.2) is 24.7 Å². The fraction of sp³-hybridized carbons (Fsp3) is 0.600. The van der Waals surface area contributed by atoms with Gasteiger partial charge in [-0.05, 0) is 0 Å². The molecule has 9 heavy (non-hydrogen) atoms. The van der Waals surface area contributed by atoms with Gasteiger partial charge in [-0.15, -0.1) is 0 Å². The number of rotatable bonds is 2. The molecule has 0 radical (unpaired) electrons. The molecule has 0 saturated carbocycles. The summed E-state index contributed by atoms with van der Waals surface area (Å²) in [5.74, 6) is 0. The Morgan fingerprint density at radius 3 is 2.78 bits per heavy atom. The predicted molar refractivity (Wildman–Crippen MR) is 37.4 cm³/mol. The Kier molecular flexibility index (Phi) is 2.25. The standard InChI is InChI=1S/C5H9N3Se/c1-2-3-4-7-8-5(6)9-4/h2-3H2,1H3,(H2,6,8). The van der Waals surface area contributed by atoms with Gasteiger partial charge in [0.15, 0.2) is 0 Å². The maximum absolute atomic E-state index is 5.42. The van der Waals surface area contributed by atoms with Crippen LogP contribution in [0, 0.1) is 0 Å². The number of nitrogens with two attached hydrogens (primary N) is 1. The SMILES string of the molecule is CCCc1nnc(N)[se]1. The van der Waals surface area contributed by atoms with Gasteiger partial charge < -0.3 is 0 Å². The molecule has 0 aliphatic heterocycles. The Hall–Kier alpha value is -0.341. The molecule has 0 aliphatic carbocycles. The third kappa shape index (κ3) is 1.80. The zero-order valence-corrected chi connectivity index (χ0v) is 7.01. The predicted octanol–water partition coefficient (Wildman–Crippen LogP) is 0.0683. The molecule has 0 unspecified atom stereocenters. The van der Waals surface area contributed by atoms with Gasteiger partial charge in [0.05, 0.1) is 0 Å². The summed E-state index contributed by atoms with van der Waals surface area (Å²) in [6.07, 6.45) is 2.20.